The molecule has 6 heteroatoms. The van der Waals surface area contributed by atoms with Gasteiger partial charge in [0, 0.05) is 4.47 Å². The lowest BCUT2D eigenvalue weighted by atomic mass is 10.2. The van der Waals surface area contributed by atoms with Crippen molar-refractivity contribution >= 4 is 38.4 Å². The van der Waals surface area contributed by atoms with E-state index in [1.54, 1.807) is 25.1 Å². The minimum Gasteiger partial charge on any atom is -0.311 e. The van der Waals surface area contributed by atoms with Crippen molar-refractivity contribution in [2.45, 2.75) is 13.1 Å². The molecule has 1 aromatic carbocycles. The van der Waals surface area contributed by atoms with Crippen molar-refractivity contribution < 1.29 is 0 Å². The highest BCUT2D eigenvalue weighted by atomic mass is 79.9. The lowest BCUT2D eigenvalue weighted by molar-refractivity contribution is 0.548. The van der Waals surface area contributed by atoms with E-state index in [0.29, 0.717) is 10.9 Å². The maximum absolute atomic E-state index is 12.1. The van der Waals surface area contributed by atoms with Crippen LogP contribution in [0.5, 0.6) is 0 Å². The molecule has 0 spiro atoms. The molecule has 0 bridgehead atoms. The molecule has 0 saturated heterocycles. The van der Waals surface area contributed by atoms with Gasteiger partial charge in [-0.05, 0) is 36.7 Å². The van der Waals surface area contributed by atoms with Crippen LogP contribution < -0.4 is 11.3 Å². The number of hydrogen-bond donors (Lipinski definition) is 1. The first-order valence-electron chi connectivity index (χ1n) is 4.63. The first kappa shape index (κ1) is 11.6. The van der Waals surface area contributed by atoms with Gasteiger partial charge in [0.25, 0.3) is 5.56 Å². The van der Waals surface area contributed by atoms with Crippen molar-refractivity contribution in [3.05, 3.63) is 38.3 Å². The molecule has 84 valence electrons. The highest BCUT2D eigenvalue weighted by molar-refractivity contribution is 9.10. The molecule has 1 unspecified atom stereocenters. The molecule has 0 aliphatic carbocycles. The van der Waals surface area contributed by atoms with Gasteiger partial charge in [-0.3, -0.25) is 9.36 Å². The largest absolute Gasteiger partial charge is 0.311 e. The predicted octanol–water partition coefficient (Wildman–Crippen LogP) is 2.29. The number of fused-ring (bicyclic) bond motifs is 1. The summed E-state index contributed by atoms with van der Waals surface area (Å²) in [5.41, 5.74) is 6.01. The summed E-state index contributed by atoms with van der Waals surface area (Å²) >= 11 is 9.21. The second-order valence-electron chi connectivity index (χ2n) is 3.46. The highest BCUT2D eigenvalue weighted by Gasteiger charge is 2.11. The Morgan fingerprint density at radius 1 is 1.56 bits per heavy atom. The normalized spacial score (nSPS) is 13.0. The van der Waals surface area contributed by atoms with Gasteiger partial charge in [-0.25, -0.2) is 4.98 Å². The van der Waals surface area contributed by atoms with Gasteiger partial charge < -0.3 is 5.73 Å². The van der Waals surface area contributed by atoms with Gasteiger partial charge in [0.2, 0.25) is 5.28 Å². The Morgan fingerprint density at radius 2 is 2.25 bits per heavy atom. The smallest absolute Gasteiger partial charge is 0.263 e. The Labute approximate surface area is 105 Å². The molecule has 0 aliphatic rings. The van der Waals surface area contributed by atoms with Crippen LogP contribution in [0.15, 0.2) is 27.5 Å². The minimum absolute atomic E-state index is 0.106. The second-order valence-corrected chi connectivity index (χ2v) is 4.71. The average molecular weight is 303 g/mol. The number of hydrogen-bond acceptors (Lipinski definition) is 3. The monoisotopic (exact) mass is 301 g/mol. The Kier molecular flexibility index (Phi) is 3.01. The van der Waals surface area contributed by atoms with Crippen molar-refractivity contribution in [2.75, 3.05) is 0 Å². The van der Waals surface area contributed by atoms with Crippen molar-refractivity contribution in [1.82, 2.24) is 9.55 Å². The quantitative estimate of drug-likeness (QED) is 0.822. The van der Waals surface area contributed by atoms with Crippen LogP contribution in [0.25, 0.3) is 10.9 Å². The van der Waals surface area contributed by atoms with Crippen LogP contribution in [-0.4, -0.2) is 9.55 Å². The summed E-state index contributed by atoms with van der Waals surface area (Å²) in [7, 11) is 0. The van der Waals surface area contributed by atoms with Crippen molar-refractivity contribution in [2.24, 2.45) is 5.73 Å². The molecule has 1 atom stereocenters. The number of nitrogens with zero attached hydrogens (tertiary/aromatic N) is 2. The van der Waals surface area contributed by atoms with E-state index in [1.807, 2.05) is 0 Å². The SMILES string of the molecule is CC(N)n1c(Cl)nc2ccc(Br)cc2c1=O. The molecule has 0 aliphatic heterocycles. The summed E-state index contributed by atoms with van der Waals surface area (Å²) in [4.78, 5) is 16.2. The van der Waals surface area contributed by atoms with E-state index in [4.69, 9.17) is 17.3 Å². The molecule has 0 radical (unpaired) electrons. The second kappa shape index (κ2) is 4.16. The van der Waals surface area contributed by atoms with Crippen LogP contribution in [0.2, 0.25) is 5.28 Å². The lowest BCUT2D eigenvalue weighted by Gasteiger charge is -2.12. The summed E-state index contributed by atoms with van der Waals surface area (Å²) in [5, 5.41) is 0.603. The molecular formula is C10H9BrClN3O. The molecule has 0 amide bonds. The Balaban J connectivity index is 2.91. The average Bonchev–Trinajstić information content (AvgIpc) is 2.19. The topological polar surface area (TPSA) is 60.9 Å². The van der Waals surface area contributed by atoms with E-state index in [2.05, 4.69) is 20.9 Å². The third-order valence-corrected chi connectivity index (χ3v) is 2.99. The van der Waals surface area contributed by atoms with Crippen molar-refractivity contribution in [3.8, 4) is 0 Å². The van der Waals surface area contributed by atoms with E-state index >= 15 is 0 Å². The number of benzene rings is 1. The third kappa shape index (κ3) is 1.86. The van der Waals surface area contributed by atoms with Gasteiger partial charge in [0.15, 0.2) is 0 Å². The standard InChI is InChI=1S/C10H9BrClN3O/c1-5(13)15-9(16)7-4-6(11)2-3-8(7)14-10(15)12/h2-5H,13H2,1H3. The van der Waals surface area contributed by atoms with E-state index in [0.717, 1.165) is 4.47 Å². The van der Waals surface area contributed by atoms with Crippen LogP contribution in [0, 0.1) is 0 Å². The molecule has 4 nitrogen and oxygen atoms in total. The van der Waals surface area contributed by atoms with E-state index in [1.165, 1.54) is 4.57 Å². The van der Waals surface area contributed by atoms with Crippen molar-refractivity contribution in [1.29, 1.82) is 0 Å². The molecule has 0 saturated carbocycles. The molecule has 16 heavy (non-hydrogen) atoms. The van der Waals surface area contributed by atoms with Crippen LogP contribution in [0.1, 0.15) is 13.1 Å². The molecule has 2 rings (SSSR count). The molecular weight excluding hydrogens is 293 g/mol. The summed E-state index contributed by atoms with van der Waals surface area (Å²) in [5.74, 6) is 0. The number of rotatable bonds is 1. The molecule has 2 N–H and O–H groups in total. The fraction of sp³-hybridized carbons (Fsp3) is 0.200. The zero-order chi connectivity index (χ0) is 11.9. The molecule has 1 aromatic heterocycles. The van der Waals surface area contributed by atoms with Gasteiger partial charge >= 0.3 is 0 Å². The van der Waals surface area contributed by atoms with Gasteiger partial charge in [0.1, 0.15) is 0 Å². The van der Waals surface area contributed by atoms with Crippen LogP contribution >= 0.6 is 27.5 Å². The molecule has 1 heterocycles. The Hall–Kier alpha value is -0.910. The Bertz CT molecular complexity index is 609. The lowest BCUT2D eigenvalue weighted by Crippen LogP contribution is -2.29. The maximum Gasteiger partial charge on any atom is 0.263 e. The van der Waals surface area contributed by atoms with Gasteiger partial charge in [-0.15, -0.1) is 0 Å². The summed E-state index contributed by atoms with van der Waals surface area (Å²) in [6.45, 7) is 1.68. The first-order valence-corrected chi connectivity index (χ1v) is 5.80. The maximum atomic E-state index is 12.1. The fourth-order valence-electron chi connectivity index (χ4n) is 1.50. The van der Waals surface area contributed by atoms with E-state index in [9.17, 15) is 4.79 Å². The van der Waals surface area contributed by atoms with Crippen molar-refractivity contribution in [3.63, 3.8) is 0 Å². The molecule has 0 fully saturated rings. The van der Waals surface area contributed by atoms with Crippen LogP contribution in [0.3, 0.4) is 0 Å². The predicted molar refractivity (Wildman–Crippen MR) is 67.6 cm³/mol. The van der Waals surface area contributed by atoms with Gasteiger partial charge in [-0.1, -0.05) is 15.9 Å². The summed E-state index contributed by atoms with van der Waals surface area (Å²) < 4.78 is 2.08. The summed E-state index contributed by atoms with van der Waals surface area (Å²) in [6, 6.07) is 5.25. The third-order valence-electron chi connectivity index (χ3n) is 2.23. The van der Waals surface area contributed by atoms with Gasteiger partial charge in [-0.2, -0.15) is 0 Å². The molecule has 2 aromatic rings. The van der Waals surface area contributed by atoms with E-state index in [-0.39, 0.29) is 10.8 Å². The zero-order valence-electron chi connectivity index (χ0n) is 8.45. The van der Waals surface area contributed by atoms with Crippen LogP contribution in [-0.2, 0) is 0 Å². The number of halogens is 2. The van der Waals surface area contributed by atoms with Gasteiger partial charge in [0.05, 0.1) is 17.1 Å². The van der Waals surface area contributed by atoms with E-state index < -0.39 is 6.17 Å². The highest BCUT2D eigenvalue weighted by Crippen LogP contribution is 2.18. The summed E-state index contributed by atoms with van der Waals surface area (Å²) in [6.07, 6.45) is -0.504. The minimum atomic E-state index is -0.504. The fourth-order valence-corrected chi connectivity index (χ4v) is 2.18. The van der Waals surface area contributed by atoms with Crippen LogP contribution in [0.4, 0.5) is 0 Å². The Morgan fingerprint density at radius 3 is 2.88 bits per heavy atom. The number of nitrogens with two attached hydrogens (primary N) is 1. The number of aromatic nitrogens is 2. The zero-order valence-corrected chi connectivity index (χ0v) is 10.8. The first-order chi connectivity index (χ1) is 7.50.